The van der Waals surface area contributed by atoms with E-state index < -0.39 is 6.09 Å². The molecule has 0 unspecified atom stereocenters. The van der Waals surface area contributed by atoms with Crippen molar-refractivity contribution >= 4 is 34.4 Å². The molecule has 186 valence electrons. The number of carbonyl (C=O) groups excluding carboxylic acids is 2. The van der Waals surface area contributed by atoms with Gasteiger partial charge < -0.3 is 29.6 Å². The van der Waals surface area contributed by atoms with Gasteiger partial charge in [0.1, 0.15) is 23.1 Å². The number of ether oxygens (including phenoxy) is 4. The minimum Gasteiger partial charge on any atom is -0.491 e. The standard InChI is InChI=1S/C25H25N5O6/c1-33-22-5-3-17-24(29-22)23-14(12-34-20(23)10-27-17)6-7-26-9-16-11-30(25(32)36-16)15-2-4-19-18(8-15)28-21(31)13-35-19/h2-5,8,10,14,16,26H,6-7,9,11-13H2,1H3,(H,28,31)/t14-,16+/m0/s1. The average molecular weight is 492 g/mol. The van der Waals surface area contributed by atoms with Gasteiger partial charge in [0.05, 0.1) is 37.7 Å². The first-order valence-corrected chi connectivity index (χ1v) is 11.8. The second kappa shape index (κ2) is 9.15. The molecule has 0 saturated carbocycles. The molecule has 1 saturated heterocycles. The SMILES string of the molecule is COc1ccc2ncc3c(c2n1)[C@@H](CCNC[C@@H]1CN(c2ccc4c(c2)NC(=O)CO4)C(=O)O1)CO3. The quantitative estimate of drug-likeness (QED) is 0.480. The van der Waals surface area contributed by atoms with Crippen molar-refractivity contribution in [3.8, 4) is 17.4 Å². The van der Waals surface area contributed by atoms with Crippen molar-refractivity contribution in [1.82, 2.24) is 15.3 Å². The van der Waals surface area contributed by atoms with E-state index in [4.69, 9.17) is 18.9 Å². The first-order valence-electron chi connectivity index (χ1n) is 11.8. The monoisotopic (exact) mass is 491 g/mol. The molecule has 1 fully saturated rings. The summed E-state index contributed by atoms with van der Waals surface area (Å²) in [5, 5.41) is 6.17. The van der Waals surface area contributed by atoms with E-state index in [-0.39, 0.29) is 24.5 Å². The molecule has 2 amide bonds. The summed E-state index contributed by atoms with van der Waals surface area (Å²) in [6.07, 6.45) is 1.88. The molecule has 0 bridgehead atoms. The third-order valence-electron chi connectivity index (χ3n) is 6.57. The summed E-state index contributed by atoms with van der Waals surface area (Å²) in [7, 11) is 1.59. The Hall–Kier alpha value is -4.12. The molecule has 3 aromatic rings. The van der Waals surface area contributed by atoms with E-state index in [2.05, 4.69) is 20.6 Å². The number of benzene rings is 1. The predicted octanol–water partition coefficient (Wildman–Crippen LogP) is 2.45. The number of anilines is 2. The maximum Gasteiger partial charge on any atom is 0.414 e. The molecule has 0 aliphatic carbocycles. The number of rotatable bonds is 7. The van der Waals surface area contributed by atoms with E-state index in [0.29, 0.717) is 42.7 Å². The van der Waals surface area contributed by atoms with Crippen LogP contribution in [0.15, 0.2) is 36.5 Å². The highest BCUT2D eigenvalue weighted by Gasteiger charge is 2.33. The van der Waals surface area contributed by atoms with Crippen LogP contribution in [0.2, 0.25) is 0 Å². The molecule has 0 radical (unpaired) electrons. The highest BCUT2D eigenvalue weighted by atomic mass is 16.6. The van der Waals surface area contributed by atoms with Crippen molar-refractivity contribution in [1.29, 1.82) is 0 Å². The zero-order valence-corrected chi connectivity index (χ0v) is 19.7. The van der Waals surface area contributed by atoms with Crippen molar-refractivity contribution in [3.63, 3.8) is 0 Å². The Bertz CT molecular complexity index is 1350. The number of fused-ring (bicyclic) bond motifs is 4. The molecule has 1 aromatic carbocycles. The smallest absolute Gasteiger partial charge is 0.414 e. The van der Waals surface area contributed by atoms with Crippen LogP contribution in [0.25, 0.3) is 11.0 Å². The zero-order chi connectivity index (χ0) is 24.6. The average Bonchev–Trinajstić information content (AvgIpc) is 3.49. The number of carbonyl (C=O) groups is 2. The summed E-state index contributed by atoms with van der Waals surface area (Å²) in [5.74, 6) is 1.84. The summed E-state index contributed by atoms with van der Waals surface area (Å²) >= 11 is 0. The van der Waals surface area contributed by atoms with Gasteiger partial charge in [-0.1, -0.05) is 0 Å². The lowest BCUT2D eigenvalue weighted by atomic mass is 9.97. The molecule has 11 nitrogen and oxygen atoms in total. The highest BCUT2D eigenvalue weighted by Crippen LogP contribution is 2.39. The van der Waals surface area contributed by atoms with Crippen LogP contribution in [-0.2, 0) is 9.53 Å². The number of nitrogens with one attached hydrogen (secondary N) is 2. The lowest BCUT2D eigenvalue weighted by Gasteiger charge is -2.20. The number of methoxy groups -OCH3 is 1. The number of nitrogens with zero attached hydrogens (tertiary/aromatic N) is 3. The van der Waals surface area contributed by atoms with Gasteiger partial charge in [-0.05, 0) is 37.2 Å². The topological polar surface area (TPSA) is 124 Å². The summed E-state index contributed by atoms with van der Waals surface area (Å²) in [6.45, 7) is 2.21. The van der Waals surface area contributed by atoms with Crippen molar-refractivity contribution < 1.29 is 28.5 Å². The minimum absolute atomic E-state index is 0.0117. The van der Waals surface area contributed by atoms with Crippen molar-refractivity contribution in [2.24, 2.45) is 0 Å². The van der Waals surface area contributed by atoms with Crippen LogP contribution in [0, 0.1) is 0 Å². The van der Waals surface area contributed by atoms with Crippen molar-refractivity contribution in [2.75, 3.05) is 50.2 Å². The zero-order valence-electron chi connectivity index (χ0n) is 19.7. The second-order valence-electron chi connectivity index (χ2n) is 8.89. The van der Waals surface area contributed by atoms with Crippen LogP contribution in [0.3, 0.4) is 0 Å². The number of hydrogen-bond donors (Lipinski definition) is 2. The van der Waals surface area contributed by atoms with Crippen molar-refractivity contribution in [3.05, 3.63) is 42.1 Å². The molecule has 2 atom stereocenters. The van der Waals surface area contributed by atoms with Gasteiger partial charge in [0, 0.05) is 29.8 Å². The molecule has 6 rings (SSSR count). The van der Waals surface area contributed by atoms with Gasteiger partial charge in [-0.15, -0.1) is 0 Å². The third-order valence-corrected chi connectivity index (χ3v) is 6.57. The van der Waals surface area contributed by atoms with E-state index in [1.807, 2.05) is 6.07 Å². The van der Waals surface area contributed by atoms with Crippen LogP contribution in [-0.4, -0.2) is 68.0 Å². The Morgan fingerprint density at radius 2 is 2.11 bits per heavy atom. The Morgan fingerprint density at radius 1 is 1.19 bits per heavy atom. The summed E-state index contributed by atoms with van der Waals surface area (Å²) < 4.78 is 22.1. The van der Waals surface area contributed by atoms with E-state index in [0.717, 1.165) is 35.3 Å². The number of pyridine rings is 2. The van der Waals surface area contributed by atoms with E-state index >= 15 is 0 Å². The van der Waals surface area contributed by atoms with Gasteiger partial charge in [-0.2, -0.15) is 0 Å². The van der Waals surface area contributed by atoms with E-state index in [9.17, 15) is 9.59 Å². The number of amides is 2. The van der Waals surface area contributed by atoms with Crippen LogP contribution < -0.4 is 29.7 Å². The van der Waals surface area contributed by atoms with Gasteiger partial charge in [-0.3, -0.25) is 14.7 Å². The van der Waals surface area contributed by atoms with Crippen LogP contribution in [0.1, 0.15) is 17.9 Å². The Labute approximate surface area is 206 Å². The maximum atomic E-state index is 12.5. The fourth-order valence-electron chi connectivity index (χ4n) is 4.79. The molecule has 5 heterocycles. The van der Waals surface area contributed by atoms with E-state index in [1.165, 1.54) is 0 Å². The number of aromatic nitrogens is 2. The molecule has 2 N–H and O–H groups in total. The molecule has 11 heteroatoms. The Kier molecular flexibility index (Phi) is 5.68. The van der Waals surface area contributed by atoms with E-state index in [1.54, 1.807) is 42.5 Å². The normalized spacial score (nSPS) is 20.3. The Balaban J connectivity index is 1.05. The number of hydrogen-bond acceptors (Lipinski definition) is 9. The van der Waals surface area contributed by atoms with Gasteiger partial charge in [0.15, 0.2) is 6.61 Å². The lowest BCUT2D eigenvalue weighted by molar-refractivity contribution is -0.118. The van der Waals surface area contributed by atoms with Crippen LogP contribution in [0.5, 0.6) is 17.4 Å². The molecule has 0 spiro atoms. The first-order chi connectivity index (χ1) is 17.6. The molecule has 3 aliphatic heterocycles. The van der Waals surface area contributed by atoms with Gasteiger partial charge >= 0.3 is 6.09 Å². The van der Waals surface area contributed by atoms with Gasteiger partial charge in [0.25, 0.3) is 5.91 Å². The summed E-state index contributed by atoms with van der Waals surface area (Å²) in [5.41, 5.74) is 3.87. The largest absolute Gasteiger partial charge is 0.491 e. The van der Waals surface area contributed by atoms with Crippen molar-refractivity contribution in [2.45, 2.75) is 18.4 Å². The fourth-order valence-corrected chi connectivity index (χ4v) is 4.79. The first kappa shape index (κ1) is 22.4. The minimum atomic E-state index is -0.415. The number of cyclic esters (lactones) is 1. The van der Waals surface area contributed by atoms with Gasteiger partial charge in [0.2, 0.25) is 5.88 Å². The summed E-state index contributed by atoms with van der Waals surface area (Å²) in [6, 6.07) is 8.96. The maximum absolute atomic E-state index is 12.5. The fraction of sp³-hybridized carbons (Fsp3) is 0.360. The van der Waals surface area contributed by atoms with Crippen LogP contribution in [0.4, 0.5) is 16.2 Å². The summed E-state index contributed by atoms with van der Waals surface area (Å²) in [4.78, 5) is 34.7. The molecule has 36 heavy (non-hydrogen) atoms. The predicted molar refractivity (Wildman–Crippen MR) is 130 cm³/mol. The highest BCUT2D eigenvalue weighted by molar-refractivity contribution is 5.97. The van der Waals surface area contributed by atoms with Gasteiger partial charge in [-0.25, -0.2) is 9.78 Å². The molecule has 3 aliphatic rings. The second-order valence-corrected chi connectivity index (χ2v) is 8.89. The third kappa shape index (κ3) is 4.11. The lowest BCUT2D eigenvalue weighted by Crippen LogP contribution is -2.32. The molecule has 2 aromatic heterocycles. The Morgan fingerprint density at radius 3 is 3.00 bits per heavy atom. The molecular weight excluding hydrogens is 466 g/mol. The van der Waals surface area contributed by atoms with Crippen LogP contribution >= 0.6 is 0 Å². The molecular formula is C25H25N5O6.